The number of hydrazine groups is 1. The van der Waals surface area contributed by atoms with Crippen LogP contribution in [0.25, 0.3) is 0 Å². The highest BCUT2D eigenvalue weighted by Gasteiger charge is 1.92. The van der Waals surface area contributed by atoms with E-state index in [2.05, 4.69) is 15.9 Å². The Morgan fingerprint density at radius 2 is 2.80 bits per heavy atom. The van der Waals surface area contributed by atoms with Gasteiger partial charge in [0.05, 0.1) is 0 Å². The minimum atomic E-state index is 0.792. The SMILES string of the molecule is [CH]1CNNO1. The lowest BCUT2D eigenvalue weighted by Crippen LogP contribution is -2.20. The molecule has 29 valence electrons. The van der Waals surface area contributed by atoms with Crippen LogP contribution in [0, 0.1) is 6.61 Å². The molecule has 0 bridgehead atoms. The Morgan fingerprint density at radius 1 is 1.80 bits per heavy atom. The first kappa shape index (κ1) is 3.08. The second-order valence-corrected chi connectivity index (χ2v) is 0.767. The van der Waals surface area contributed by atoms with E-state index in [1.165, 1.54) is 0 Å². The van der Waals surface area contributed by atoms with Gasteiger partial charge in [0.2, 0.25) is 0 Å². The summed E-state index contributed by atoms with van der Waals surface area (Å²) in [6, 6.07) is 0. The van der Waals surface area contributed by atoms with E-state index < -0.39 is 0 Å². The fourth-order valence-electron chi connectivity index (χ4n) is 0.208. The van der Waals surface area contributed by atoms with Crippen molar-refractivity contribution in [1.29, 1.82) is 0 Å². The van der Waals surface area contributed by atoms with Crippen molar-refractivity contribution in [2.75, 3.05) is 6.54 Å². The monoisotopic (exact) mass is 73.0 g/mol. The largest absolute Gasteiger partial charge is 0.279 e. The first-order valence-corrected chi connectivity index (χ1v) is 1.45. The molecule has 0 amide bonds. The third-order valence-electron chi connectivity index (χ3n) is 0.400. The van der Waals surface area contributed by atoms with Crippen molar-refractivity contribution >= 4 is 0 Å². The first-order chi connectivity index (χ1) is 2.50. The van der Waals surface area contributed by atoms with Gasteiger partial charge in [0, 0.05) is 6.54 Å². The van der Waals surface area contributed by atoms with Crippen LogP contribution in [-0.2, 0) is 4.84 Å². The molecular weight excluding hydrogens is 68.0 g/mol. The molecular formula is C2H5N2O. The molecule has 0 spiro atoms. The van der Waals surface area contributed by atoms with E-state index in [1.807, 2.05) is 0 Å². The van der Waals surface area contributed by atoms with Gasteiger partial charge in [-0.2, -0.15) is 0 Å². The highest BCUT2D eigenvalue weighted by molar-refractivity contribution is 4.52. The van der Waals surface area contributed by atoms with Crippen molar-refractivity contribution in [3.8, 4) is 0 Å². The summed E-state index contributed by atoms with van der Waals surface area (Å²) in [5.74, 6) is 0. The summed E-state index contributed by atoms with van der Waals surface area (Å²) in [5.41, 5.74) is 5.11. The topological polar surface area (TPSA) is 33.3 Å². The molecule has 1 heterocycles. The van der Waals surface area contributed by atoms with Crippen LogP contribution >= 0.6 is 0 Å². The Bertz CT molecular complexity index is 19.2. The van der Waals surface area contributed by atoms with Gasteiger partial charge in [-0.15, -0.1) is 5.59 Å². The Balaban J connectivity index is 2.08. The van der Waals surface area contributed by atoms with Crippen LogP contribution in [0.2, 0.25) is 0 Å². The Kier molecular flexibility index (Phi) is 0.834. The molecule has 0 aromatic carbocycles. The zero-order chi connectivity index (χ0) is 3.54. The van der Waals surface area contributed by atoms with Gasteiger partial charge >= 0.3 is 0 Å². The Labute approximate surface area is 30.2 Å². The van der Waals surface area contributed by atoms with Crippen LogP contribution in [0.3, 0.4) is 0 Å². The van der Waals surface area contributed by atoms with Gasteiger partial charge in [-0.1, -0.05) is 0 Å². The first-order valence-electron chi connectivity index (χ1n) is 1.45. The predicted octanol–water partition coefficient (Wildman–Crippen LogP) is -0.812. The molecule has 0 aromatic heterocycles. The van der Waals surface area contributed by atoms with Crippen molar-refractivity contribution in [1.82, 2.24) is 11.0 Å². The van der Waals surface area contributed by atoms with Crippen LogP contribution in [0.4, 0.5) is 0 Å². The van der Waals surface area contributed by atoms with Gasteiger partial charge in [-0.05, 0) is 0 Å². The summed E-state index contributed by atoms with van der Waals surface area (Å²) in [4.78, 5) is 4.46. The van der Waals surface area contributed by atoms with Crippen molar-refractivity contribution in [2.24, 2.45) is 0 Å². The lowest BCUT2D eigenvalue weighted by atomic mass is 10.8. The van der Waals surface area contributed by atoms with E-state index in [1.54, 1.807) is 6.61 Å². The van der Waals surface area contributed by atoms with Crippen LogP contribution in [0.1, 0.15) is 0 Å². The van der Waals surface area contributed by atoms with Crippen molar-refractivity contribution in [3.63, 3.8) is 0 Å². The van der Waals surface area contributed by atoms with E-state index in [0.717, 1.165) is 6.54 Å². The maximum Gasteiger partial charge on any atom is 0.124 e. The zero-order valence-corrected chi connectivity index (χ0v) is 2.69. The molecule has 1 rings (SSSR count). The summed E-state index contributed by atoms with van der Waals surface area (Å²) in [5, 5.41) is 0. The van der Waals surface area contributed by atoms with Gasteiger partial charge in [-0.3, -0.25) is 4.84 Å². The molecule has 0 aromatic rings. The van der Waals surface area contributed by atoms with Crippen LogP contribution in [0.5, 0.6) is 0 Å². The summed E-state index contributed by atoms with van der Waals surface area (Å²) in [6.45, 7) is 2.43. The molecule has 1 aliphatic rings. The fraction of sp³-hybridized carbons (Fsp3) is 0.500. The average molecular weight is 73.1 g/mol. The molecule has 0 aliphatic carbocycles. The summed E-state index contributed by atoms with van der Waals surface area (Å²) in [6.07, 6.45) is 0. The summed E-state index contributed by atoms with van der Waals surface area (Å²) >= 11 is 0. The predicted molar refractivity (Wildman–Crippen MR) is 16.5 cm³/mol. The third-order valence-corrected chi connectivity index (χ3v) is 0.400. The molecule has 0 atom stereocenters. The third kappa shape index (κ3) is 0.576. The molecule has 0 saturated carbocycles. The molecule has 1 fully saturated rings. The van der Waals surface area contributed by atoms with Crippen LogP contribution < -0.4 is 11.0 Å². The lowest BCUT2D eigenvalue weighted by molar-refractivity contribution is 0.124. The number of hydrogen-bond donors (Lipinski definition) is 2. The second-order valence-electron chi connectivity index (χ2n) is 0.767. The highest BCUT2D eigenvalue weighted by atomic mass is 16.7. The molecule has 3 heteroatoms. The molecule has 0 unspecified atom stereocenters. The summed E-state index contributed by atoms with van der Waals surface area (Å²) in [7, 11) is 0. The van der Waals surface area contributed by atoms with Gasteiger partial charge in [0.25, 0.3) is 0 Å². The molecule has 5 heavy (non-hydrogen) atoms. The van der Waals surface area contributed by atoms with E-state index in [9.17, 15) is 0 Å². The van der Waals surface area contributed by atoms with E-state index in [0.29, 0.717) is 0 Å². The minimum absolute atomic E-state index is 0.792. The summed E-state index contributed by atoms with van der Waals surface area (Å²) < 4.78 is 0. The number of rotatable bonds is 0. The molecule has 3 nitrogen and oxygen atoms in total. The van der Waals surface area contributed by atoms with Crippen molar-refractivity contribution in [3.05, 3.63) is 6.61 Å². The smallest absolute Gasteiger partial charge is 0.124 e. The van der Waals surface area contributed by atoms with Crippen LogP contribution in [0.15, 0.2) is 0 Å². The standard InChI is InChI=1S/C2H5N2O/c1-2-5-4-3-1/h2-4H,1H2. The van der Waals surface area contributed by atoms with E-state index >= 15 is 0 Å². The molecule has 2 N–H and O–H groups in total. The van der Waals surface area contributed by atoms with Crippen LogP contribution in [-0.4, -0.2) is 6.54 Å². The Hall–Kier alpha value is -0.120. The molecule has 1 aliphatic heterocycles. The number of nitrogens with one attached hydrogen (secondary N) is 2. The van der Waals surface area contributed by atoms with Crippen molar-refractivity contribution in [2.45, 2.75) is 0 Å². The molecule has 1 radical (unpaired) electrons. The van der Waals surface area contributed by atoms with Gasteiger partial charge in [0.1, 0.15) is 6.61 Å². The quantitative estimate of drug-likeness (QED) is 0.393. The van der Waals surface area contributed by atoms with Crippen molar-refractivity contribution < 1.29 is 4.84 Å². The van der Waals surface area contributed by atoms with Gasteiger partial charge in [0.15, 0.2) is 0 Å². The lowest BCUT2D eigenvalue weighted by Gasteiger charge is -1.80. The van der Waals surface area contributed by atoms with Gasteiger partial charge in [-0.25, -0.2) is 5.43 Å². The van der Waals surface area contributed by atoms with Gasteiger partial charge < -0.3 is 0 Å². The van der Waals surface area contributed by atoms with E-state index in [-0.39, 0.29) is 0 Å². The average Bonchev–Trinajstić information content (AvgIpc) is 1.76. The maximum absolute atomic E-state index is 4.46. The minimum Gasteiger partial charge on any atom is -0.279 e. The number of hydrogen-bond acceptors (Lipinski definition) is 3. The maximum atomic E-state index is 4.46. The highest BCUT2D eigenvalue weighted by Crippen LogP contribution is 1.75. The zero-order valence-electron chi connectivity index (χ0n) is 2.69. The normalized spacial score (nSPS) is 24.0. The fourth-order valence-corrected chi connectivity index (χ4v) is 0.208. The Morgan fingerprint density at radius 3 is 3.00 bits per heavy atom. The molecule has 1 saturated heterocycles. The van der Waals surface area contributed by atoms with E-state index in [4.69, 9.17) is 0 Å². The second kappa shape index (κ2) is 1.35.